The molecule has 368 valence electrons. The summed E-state index contributed by atoms with van der Waals surface area (Å²) in [6.07, 6.45) is 8.52. The fourth-order valence-corrected chi connectivity index (χ4v) is 11.1. The highest BCUT2D eigenvalue weighted by Crippen LogP contribution is 2.40. The summed E-state index contributed by atoms with van der Waals surface area (Å²) in [5.74, 6) is 2.37. The van der Waals surface area contributed by atoms with Gasteiger partial charge in [-0.3, -0.25) is 9.59 Å². The van der Waals surface area contributed by atoms with Crippen LogP contribution in [0, 0.1) is 0 Å². The number of hydrogen-bond donors (Lipinski definition) is 4. The number of nitrogens with one attached hydrogen (secondary N) is 4. The molecule has 4 N–H and O–H groups in total. The molecule has 0 radical (unpaired) electrons. The van der Waals surface area contributed by atoms with Crippen LogP contribution in [-0.2, 0) is 61.7 Å². The molecule has 0 aromatic carbocycles. The zero-order chi connectivity index (χ0) is 44.5. The lowest BCUT2D eigenvalue weighted by Gasteiger charge is -2.16. The van der Waals surface area contributed by atoms with Crippen LogP contribution in [0.1, 0.15) is 57.8 Å². The highest BCUT2D eigenvalue weighted by molar-refractivity contribution is 8.77. The van der Waals surface area contributed by atoms with E-state index >= 15 is 0 Å². The molecule has 0 unspecified atom stereocenters. The highest BCUT2D eigenvalue weighted by Gasteiger charge is 2.42. The van der Waals surface area contributed by atoms with Crippen molar-refractivity contribution in [3.8, 4) is 0 Å². The van der Waals surface area contributed by atoms with Crippen LogP contribution < -0.4 is 21.3 Å². The average Bonchev–Trinajstić information content (AvgIpc) is 4.04. The van der Waals surface area contributed by atoms with Gasteiger partial charge in [0.2, 0.25) is 11.8 Å². The fourth-order valence-electron chi connectivity index (χ4n) is 6.50. The van der Waals surface area contributed by atoms with Gasteiger partial charge in [0.25, 0.3) is 0 Å². The largest absolute Gasteiger partial charge is 0.377 e. The van der Waals surface area contributed by atoms with Crippen LogP contribution in [0.2, 0.25) is 0 Å². The molecule has 3 fully saturated rings. The van der Waals surface area contributed by atoms with Gasteiger partial charge in [-0.2, -0.15) is 11.8 Å². The zero-order valence-electron chi connectivity index (χ0n) is 37.5. The molecule has 3 aliphatic heterocycles. The Labute approximate surface area is 387 Å². The van der Waals surface area contributed by atoms with Gasteiger partial charge in [0, 0.05) is 47.9 Å². The van der Waals surface area contributed by atoms with Crippen LogP contribution in [0.5, 0.6) is 0 Å². The first-order valence-corrected chi connectivity index (χ1v) is 26.4. The van der Waals surface area contributed by atoms with Crippen molar-refractivity contribution in [3.63, 3.8) is 0 Å². The van der Waals surface area contributed by atoms with E-state index in [0.29, 0.717) is 177 Å². The van der Waals surface area contributed by atoms with E-state index in [-0.39, 0.29) is 29.9 Å². The Morgan fingerprint density at radius 1 is 0.508 bits per heavy atom. The summed E-state index contributed by atoms with van der Waals surface area (Å²) in [5, 5.41) is 13.0. The van der Waals surface area contributed by atoms with Crippen LogP contribution in [0.4, 0.5) is 4.79 Å². The molecule has 0 aromatic rings. The van der Waals surface area contributed by atoms with Crippen molar-refractivity contribution in [2.75, 3.05) is 170 Å². The van der Waals surface area contributed by atoms with Crippen molar-refractivity contribution in [1.29, 1.82) is 0 Å². The van der Waals surface area contributed by atoms with Gasteiger partial charge in [-0.05, 0) is 32.1 Å². The van der Waals surface area contributed by atoms with Crippen molar-refractivity contribution in [2.24, 2.45) is 0 Å². The normalized spacial score (nSPS) is 19.3. The molecule has 4 amide bonds. The minimum absolute atomic E-state index is 0.0415. The Hall–Kier alpha value is -1.18. The molecular weight excluding hydrogens is 881 g/mol. The van der Waals surface area contributed by atoms with E-state index in [1.807, 2.05) is 33.3 Å². The maximum Gasteiger partial charge on any atom is 0.315 e. The minimum atomic E-state index is -0.0618. The average molecular weight is 959 g/mol. The van der Waals surface area contributed by atoms with Gasteiger partial charge in [-0.1, -0.05) is 34.4 Å². The van der Waals surface area contributed by atoms with Crippen LogP contribution >= 0.6 is 33.3 Å². The van der Waals surface area contributed by atoms with Crippen LogP contribution in [0.3, 0.4) is 0 Å². The summed E-state index contributed by atoms with van der Waals surface area (Å²) in [7, 11) is 3.97. The Kier molecular flexibility index (Phi) is 36.6. The third-order valence-corrected chi connectivity index (χ3v) is 14.4. The number of amides is 4. The third-order valence-electron chi connectivity index (χ3n) is 9.85. The first-order valence-electron chi connectivity index (χ1n) is 23.0. The molecule has 0 aromatic heterocycles. The summed E-state index contributed by atoms with van der Waals surface area (Å²) < 4.78 is 60.6. The SMILES string of the molecule is O=C(CCCC[C@@H]1CCSS1)NCCOCCOCCOCCOCCOCCOCCOCCOCCOCCOCCOCCNC(=O)CCCC[C@@H]1SC[C@H]2NC(=O)N[C@H]12. The van der Waals surface area contributed by atoms with Gasteiger partial charge in [-0.15, -0.1) is 0 Å². The first kappa shape index (κ1) is 56.1. The van der Waals surface area contributed by atoms with E-state index in [2.05, 4.69) is 21.3 Å². The summed E-state index contributed by atoms with van der Waals surface area (Å²) in [6.45, 7) is 11.6. The van der Waals surface area contributed by atoms with Gasteiger partial charge in [0.1, 0.15) is 0 Å². The van der Waals surface area contributed by atoms with Crippen molar-refractivity contribution in [3.05, 3.63) is 0 Å². The maximum atomic E-state index is 12.1. The van der Waals surface area contributed by atoms with Crippen molar-refractivity contribution in [1.82, 2.24) is 21.3 Å². The molecule has 21 heteroatoms. The number of fused-ring (bicyclic) bond motifs is 1. The number of hydrogen-bond acceptors (Lipinski definition) is 17. The molecule has 3 aliphatic rings. The Morgan fingerprint density at radius 3 is 1.27 bits per heavy atom. The Balaban J connectivity index is 0.876. The van der Waals surface area contributed by atoms with Gasteiger partial charge in [0.15, 0.2) is 0 Å². The Bertz CT molecular complexity index is 1120. The number of carbonyl (C=O) groups excluding carboxylic acids is 3. The fraction of sp³-hybridized carbons (Fsp3) is 0.929. The molecular formula is C42H78N4O14S3. The molecule has 3 heterocycles. The van der Waals surface area contributed by atoms with E-state index in [4.69, 9.17) is 52.1 Å². The molecule has 63 heavy (non-hydrogen) atoms. The van der Waals surface area contributed by atoms with Gasteiger partial charge in [0.05, 0.1) is 157 Å². The van der Waals surface area contributed by atoms with Crippen molar-refractivity contribution >= 4 is 51.2 Å². The summed E-state index contributed by atoms with van der Waals surface area (Å²) in [6, 6.07) is 0.401. The Morgan fingerprint density at radius 2 is 0.889 bits per heavy atom. The summed E-state index contributed by atoms with van der Waals surface area (Å²) in [4.78, 5) is 35.5. The first-order chi connectivity index (χ1) is 31.1. The van der Waals surface area contributed by atoms with Gasteiger partial charge < -0.3 is 73.4 Å². The summed E-state index contributed by atoms with van der Waals surface area (Å²) in [5.41, 5.74) is 0. The molecule has 3 saturated heterocycles. The lowest BCUT2D eigenvalue weighted by Crippen LogP contribution is -2.36. The molecule has 0 aliphatic carbocycles. The lowest BCUT2D eigenvalue weighted by atomic mass is 10.0. The smallest absolute Gasteiger partial charge is 0.315 e. The van der Waals surface area contributed by atoms with Crippen LogP contribution in [-0.4, -0.2) is 210 Å². The quantitative estimate of drug-likeness (QED) is 0.0394. The highest BCUT2D eigenvalue weighted by atomic mass is 33.1. The number of thioether (sulfide) groups is 1. The zero-order valence-corrected chi connectivity index (χ0v) is 39.9. The monoisotopic (exact) mass is 958 g/mol. The second-order valence-electron chi connectivity index (χ2n) is 14.9. The molecule has 0 bridgehead atoms. The topological polar surface area (TPSA) is 201 Å². The minimum Gasteiger partial charge on any atom is -0.377 e. The molecule has 4 atom stereocenters. The molecule has 3 rings (SSSR count). The van der Waals surface area contributed by atoms with Crippen molar-refractivity contribution in [2.45, 2.75) is 80.4 Å². The second kappa shape index (κ2) is 41.0. The van der Waals surface area contributed by atoms with E-state index in [1.165, 1.54) is 18.6 Å². The maximum absolute atomic E-state index is 12.1. The van der Waals surface area contributed by atoms with Crippen molar-refractivity contribution < 1.29 is 66.5 Å². The predicted octanol–water partition coefficient (Wildman–Crippen LogP) is 2.84. The predicted molar refractivity (Wildman–Crippen MR) is 246 cm³/mol. The number of carbonyl (C=O) groups is 3. The van der Waals surface area contributed by atoms with Gasteiger partial charge >= 0.3 is 6.03 Å². The standard InChI is InChI=1S/C42H78N4O14S3/c47-39(7-3-1-5-36-9-34-62-63-36)43-10-12-50-14-16-52-18-20-54-22-24-56-26-28-58-30-32-60-33-31-59-29-27-57-25-23-55-21-19-53-17-15-51-13-11-44-40(48)8-4-2-6-38-41-37(35-61-38)45-42(49)46-41/h36-38,41H,1-35H2,(H,43,47)(H,44,48)(H2,45,46,49)/t36-,37-,38+,41+/m1/s1. The third kappa shape index (κ3) is 32.2. The second-order valence-corrected chi connectivity index (χ2v) is 18.9. The molecule has 0 saturated carbocycles. The lowest BCUT2D eigenvalue weighted by molar-refractivity contribution is -0.122. The van der Waals surface area contributed by atoms with E-state index < -0.39 is 0 Å². The van der Waals surface area contributed by atoms with Gasteiger partial charge in [-0.25, -0.2) is 4.79 Å². The van der Waals surface area contributed by atoms with Crippen LogP contribution in [0.15, 0.2) is 0 Å². The van der Waals surface area contributed by atoms with E-state index in [1.54, 1.807) is 0 Å². The number of rotatable bonds is 46. The van der Waals surface area contributed by atoms with E-state index in [9.17, 15) is 14.4 Å². The summed E-state index contributed by atoms with van der Waals surface area (Å²) >= 11 is 1.90. The number of unbranched alkanes of at least 4 members (excludes halogenated alkanes) is 2. The molecule has 18 nitrogen and oxygen atoms in total. The number of urea groups is 1. The molecule has 0 spiro atoms. The van der Waals surface area contributed by atoms with Crippen LogP contribution in [0.25, 0.3) is 0 Å². The number of ether oxygens (including phenoxy) is 11. The van der Waals surface area contributed by atoms with E-state index in [0.717, 1.165) is 43.1 Å².